The van der Waals surface area contributed by atoms with Crippen LogP contribution >= 0.6 is 23.4 Å². The third kappa shape index (κ3) is 3.34. The summed E-state index contributed by atoms with van der Waals surface area (Å²) >= 11 is 7.65. The quantitative estimate of drug-likeness (QED) is 0.740. The van der Waals surface area contributed by atoms with Crippen LogP contribution in [0.25, 0.3) is 11.6 Å². The number of nitrogens with two attached hydrogens (primary N) is 1. The monoisotopic (exact) mass is 318 g/mol. The molecule has 21 heavy (non-hydrogen) atoms. The Morgan fingerprint density at radius 1 is 1.19 bits per heavy atom. The van der Waals surface area contributed by atoms with Gasteiger partial charge >= 0.3 is 0 Å². The van der Waals surface area contributed by atoms with E-state index < -0.39 is 0 Å². The Labute approximate surface area is 130 Å². The minimum atomic E-state index is 0.379. The molecule has 106 valence electrons. The van der Waals surface area contributed by atoms with Crippen molar-refractivity contribution in [3.05, 3.63) is 53.4 Å². The van der Waals surface area contributed by atoms with Gasteiger partial charge in [0.15, 0.2) is 5.82 Å². The largest absolute Gasteiger partial charge is 0.397 e. The molecule has 3 aromatic rings. The maximum atomic E-state index is 6.10. The summed E-state index contributed by atoms with van der Waals surface area (Å²) in [6.07, 6.45) is 1.55. The van der Waals surface area contributed by atoms with E-state index in [-0.39, 0.29) is 0 Å². The topological polar surface area (TPSA) is 77.8 Å². The number of nitrogens with zero attached hydrogens (tertiary/aromatic N) is 3. The summed E-state index contributed by atoms with van der Waals surface area (Å²) in [5.41, 5.74) is 6.78. The average Bonchev–Trinajstić information content (AvgIpc) is 2.96. The molecule has 0 aliphatic rings. The molecule has 0 atom stereocenters. The zero-order chi connectivity index (χ0) is 14.7. The van der Waals surface area contributed by atoms with Gasteiger partial charge in [0.05, 0.1) is 22.7 Å². The highest BCUT2D eigenvalue weighted by Crippen LogP contribution is 2.29. The molecule has 0 aliphatic carbocycles. The molecule has 0 saturated heterocycles. The molecule has 0 unspecified atom stereocenters. The normalized spacial score (nSPS) is 10.7. The van der Waals surface area contributed by atoms with Crippen molar-refractivity contribution < 1.29 is 4.52 Å². The number of pyridine rings is 1. The van der Waals surface area contributed by atoms with E-state index in [1.54, 1.807) is 30.1 Å². The maximum absolute atomic E-state index is 6.10. The molecule has 0 amide bonds. The highest BCUT2D eigenvalue weighted by molar-refractivity contribution is 7.98. The van der Waals surface area contributed by atoms with Gasteiger partial charge in [-0.25, -0.2) is 4.98 Å². The van der Waals surface area contributed by atoms with Crippen molar-refractivity contribution in [3.63, 3.8) is 0 Å². The fourth-order valence-corrected chi connectivity index (χ4v) is 2.73. The first-order chi connectivity index (χ1) is 10.2. The summed E-state index contributed by atoms with van der Waals surface area (Å²) in [7, 11) is 0. The van der Waals surface area contributed by atoms with Crippen molar-refractivity contribution in [2.75, 3.05) is 5.73 Å². The molecule has 0 radical (unpaired) electrons. The molecule has 2 N–H and O–H groups in total. The van der Waals surface area contributed by atoms with Crippen LogP contribution in [0.15, 0.2) is 52.0 Å². The van der Waals surface area contributed by atoms with Crippen LogP contribution in [-0.4, -0.2) is 15.1 Å². The number of thioether (sulfide) groups is 1. The van der Waals surface area contributed by atoms with Gasteiger partial charge < -0.3 is 10.3 Å². The number of nitrogen functional groups attached to an aromatic ring is 1. The lowest BCUT2D eigenvalue weighted by Crippen LogP contribution is -1.89. The van der Waals surface area contributed by atoms with Crippen LogP contribution in [0.4, 0.5) is 5.69 Å². The lowest BCUT2D eigenvalue weighted by atomic mass is 10.3. The van der Waals surface area contributed by atoms with Gasteiger partial charge in [0.1, 0.15) is 5.69 Å². The van der Waals surface area contributed by atoms with E-state index in [9.17, 15) is 0 Å². The van der Waals surface area contributed by atoms with Gasteiger partial charge in [0, 0.05) is 4.90 Å². The summed E-state index contributed by atoms with van der Waals surface area (Å²) in [6.45, 7) is 0. The van der Waals surface area contributed by atoms with Crippen LogP contribution < -0.4 is 5.73 Å². The second kappa shape index (κ2) is 6.15. The van der Waals surface area contributed by atoms with Crippen LogP contribution in [-0.2, 0) is 5.75 Å². The zero-order valence-corrected chi connectivity index (χ0v) is 12.4. The van der Waals surface area contributed by atoms with Crippen LogP contribution in [0, 0.1) is 0 Å². The Morgan fingerprint density at radius 2 is 2.05 bits per heavy atom. The average molecular weight is 319 g/mol. The molecule has 0 bridgehead atoms. The maximum Gasteiger partial charge on any atom is 0.276 e. The summed E-state index contributed by atoms with van der Waals surface area (Å²) in [6, 6.07) is 11.1. The van der Waals surface area contributed by atoms with E-state index in [1.807, 2.05) is 24.3 Å². The van der Waals surface area contributed by atoms with Crippen LogP contribution in [0.1, 0.15) is 5.82 Å². The summed E-state index contributed by atoms with van der Waals surface area (Å²) in [4.78, 5) is 9.44. The number of hydrogen-bond acceptors (Lipinski definition) is 6. The molecule has 0 spiro atoms. The molecule has 2 heterocycles. The lowest BCUT2D eigenvalue weighted by molar-refractivity contribution is 0.424. The molecule has 7 heteroatoms. The third-order valence-electron chi connectivity index (χ3n) is 2.67. The number of halogens is 1. The van der Waals surface area contributed by atoms with Gasteiger partial charge in [-0.2, -0.15) is 4.98 Å². The molecule has 5 nitrogen and oxygen atoms in total. The highest BCUT2D eigenvalue weighted by Gasteiger charge is 2.10. The smallest absolute Gasteiger partial charge is 0.276 e. The van der Waals surface area contributed by atoms with Gasteiger partial charge in [-0.1, -0.05) is 28.9 Å². The van der Waals surface area contributed by atoms with Crippen molar-refractivity contribution >= 4 is 29.1 Å². The van der Waals surface area contributed by atoms with Gasteiger partial charge in [-0.05, 0) is 24.3 Å². The Bertz CT molecular complexity index is 745. The minimum Gasteiger partial charge on any atom is -0.397 e. The summed E-state index contributed by atoms with van der Waals surface area (Å²) in [5, 5.41) is 4.65. The van der Waals surface area contributed by atoms with E-state index in [0.717, 1.165) is 4.90 Å². The summed E-state index contributed by atoms with van der Waals surface area (Å²) in [5.74, 6) is 1.54. The number of anilines is 1. The molecule has 3 rings (SSSR count). The van der Waals surface area contributed by atoms with E-state index >= 15 is 0 Å². The van der Waals surface area contributed by atoms with E-state index in [1.165, 1.54) is 0 Å². The van der Waals surface area contributed by atoms with Crippen LogP contribution in [0.2, 0.25) is 5.02 Å². The Kier molecular flexibility index (Phi) is 4.08. The zero-order valence-electron chi connectivity index (χ0n) is 10.9. The van der Waals surface area contributed by atoms with Crippen molar-refractivity contribution in [1.29, 1.82) is 0 Å². The predicted octanol–water partition coefficient (Wildman–Crippen LogP) is 3.66. The first-order valence-electron chi connectivity index (χ1n) is 6.14. The van der Waals surface area contributed by atoms with Crippen molar-refractivity contribution in [3.8, 4) is 11.6 Å². The van der Waals surface area contributed by atoms with Crippen molar-refractivity contribution in [2.24, 2.45) is 0 Å². The fourth-order valence-electron chi connectivity index (χ4n) is 1.65. The number of rotatable bonds is 4. The van der Waals surface area contributed by atoms with Crippen molar-refractivity contribution in [1.82, 2.24) is 15.1 Å². The van der Waals surface area contributed by atoms with Gasteiger partial charge in [0.2, 0.25) is 0 Å². The van der Waals surface area contributed by atoms with Crippen LogP contribution in [0.3, 0.4) is 0 Å². The SMILES string of the molecule is Nc1ccc(-c2nc(CSc3ccccc3Cl)no2)nc1. The Morgan fingerprint density at radius 3 is 2.81 bits per heavy atom. The van der Waals surface area contributed by atoms with Gasteiger partial charge in [-0.3, -0.25) is 0 Å². The molecule has 0 fully saturated rings. The molecule has 2 aromatic heterocycles. The number of hydrogen-bond donors (Lipinski definition) is 1. The predicted molar refractivity (Wildman–Crippen MR) is 83.0 cm³/mol. The molecule has 0 aliphatic heterocycles. The molecule has 0 saturated carbocycles. The standard InChI is InChI=1S/C14H11ClN4OS/c15-10-3-1-2-4-12(10)21-8-13-18-14(20-19-13)11-6-5-9(16)7-17-11/h1-7H,8,16H2. The van der Waals surface area contributed by atoms with E-state index in [0.29, 0.717) is 33.9 Å². The second-order valence-electron chi connectivity index (χ2n) is 4.21. The molecule has 1 aromatic carbocycles. The third-order valence-corrected chi connectivity index (χ3v) is 4.18. The van der Waals surface area contributed by atoms with Crippen molar-refractivity contribution in [2.45, 2.75) is 10.6 Å². The number of aromatic nitrogens is 3. The van der Waals surface area contributed by atoms with Gasteiger partial charge in [0.25, 0.3) is 5.89 Å². The first-order valence-corrected chi connectivity index (χ1v) is 7.50. The van der Waals surface area contributed by atoms with Gasteiger partial charge in [-0.15, -0.1) is 11.8 Å². The van der Waals surface area contributed by atoms with E-state index in [4.69, 9.17) is 21.9 Å². The minimum absolute atomic E-state index is 0.379. The molecular formula is C14H11ClN4OS. The first kappa shape index (κ1) is 13.9. The van der Waals surface area contributed by atoms with Crippen LogP contribution in [0.5, 0.6) is 0 Å². The van der Waals surface area contributed by atoms with E-state index in [2.05, 4.69) is 15.1 Å². The fraction of sp³-hybridized carbons (Fsp3) is 0.0714. The Hall–Kier alpha value is -2.05. The second-order valence-corrected chi connectivity index (χ2v) is 5.64. The highest BCUT2D eigenvalue weighted by atomic mass is 35.5. The lowest BCUT2D eigenvalue weighted by Gasteiger charge is -2.00. The molecular weight excluding hydrogens is 308 g/mol. The Balaban J connectivity index is 1.71. The summed E-state index contributed by atoms with van der Waals surface area (Å²) < 4.78 is 5.20. The number of benzene rings is 1.